The lowest BCUT2D eigenvalue weighted by atomic mass is 10.2. The first-order chi connectivity index (χ1) is 10.0. The van der Waals surface area contributed by atoms with Crippen LogP contribution in [0.15, 0.2) is 24.4 Å². The zero-order valence-corrected chi connectivity index (χ0v) is 13.6. The van der Waals surface area contributed by atoms with E-state index in [1.165, 1.54) is 5.56 Å². The number of aromatic nitrogens is 1. The van der Waals surface area contributed by atoms with Crippen LogP contribution in [0.25, 0.3) is 10.9 Å². The van der Waals surface area contributed by atoms with E-state index < -0.39 is 0 Å². The largest absolute Gasteiger partial charge is 0.347 e. The van der Waals surface area contributed by atoms with Gasteiger partial charge in [0, 0.05) is 37.2 Å². The summed E-state index contributed by atoms with van der Waals surface area (Å²) in [5, 5.41) is 5.24. The van der Waals surface area contributed by atoms with Gasteiger partial charge in [-0.15, -0.1) is 0 Å². The average Bonchev–Trinajstić information content (AvgIpc) is 2.76. The van der Waals surface area contributed by atoms with Crippen molar-refractivity contribution in [2.75, 3.05) is 20.6 Å². The molecular formula is C16H22ClN3O. The lowest BCUT2D eigenvalue weighted by molar-refractivity contribution is -0.129. The van der Waals surface area contributed by atoms with Crippen molar-refractivity contribution in [3.8, 4) is 0 Å². The minimum absolute atomic E-state index is 0.0694. The van der Waals surface area contributed by atoms with E-state index in [4.69, 9.17) is 11.6 Å². The number of carbonyl (C=O) groups excluding carboxylic acids is 1. The van der Waals surface area contributed by atoms with Crippen molar-refractivity contribution in [1.29, 1.82) is 0 Å². The molecule has 2 rings (SSSR count). The topological polar surface area (TPSA) is 37.3 Å². The molecule has 0 aliphatic heterocycles. The Balaban J connectivity index is 2.35. The Bertz CT molecular complexity index is 634. The van der Waals surface area contributed by atoms with Gasteiger partial charge < -0.3 is 14.8 Å². The Hall–Kier alpha value is -1.52. The number of nitrogens with one attached hydrogen (secondary N) is 1. The lowest BCUT2D eigenvalue weighted by Crippen LogP contribution is -2.25. The Morgan fingerprint density at radius 1 is 1.38 bits per heavy atom. The molecule has 0 fully saturated rings. The number of nitrogens with zero attached hydrogens (tertiary/aromatic N) is 2. The van der Waals surface area contributed by atoms with Crippen LogP contribution in [0.2, 0.25) is 5.02 Å². The van der Waals surface area contributed by atoms with E-state index in [9.17, 15) is 4.79 Å². The second-order valence-corrected chi connectivity index (χ2v) is 5.85. The van der Waals surface area contributed by atoms with Crippen LogP contribution in [0.1, 0.15) is 18.9 Å². The third-order valence-electron chi connectivity index (χ3n) is 3.47. The molecule has 1 aromatic heterocycles. The van der Waals surface area contributed by atoms with Crippen molar-refractivity contribution < 1.29 is 4.79 Å². The van der Waals surface area contributed by atoms with E-state index in [1.807, 2.05) is 29.0 Å². The van der Waals surface area contributed by atoms with E-state index in [0.29, 0.717) is 11.6 Å². The predicted molar refractivity (Wildman–Crippen MR) is 87.6 cm³/mol. The lowest BCUT2D eigenvalue weighted by Gasteiger charge is -2.11. The highest BCUT2D eigenvalue weighted by Gasteiger charge is 2.12. The monoisotopic (exact) mass is 307 g/mol. The Morgan fingerprint density at radius 2 is 2.14 bits per heavy atom. The number of carbonyl (C=O) groups is 1. The fourth-order valence-electron chi connectivity index (χ4n) is 2.30. The summed E-state index contributed by atoms with van der Waals surface area (Å²) < 4.78 is 1.98. The van der Waals surface area contributed by atoms with Gasteiger partial charge in [-0.1, -0.05) is 24.6 Å². The molecule has 0 aliphatic carbocycles. The molecule has 0 bridgehead atoms. The van der Waals surface area contributed by atoms with Crippen LogP contribution in [0.3, 0.4) is 0 Å². The van der Waals surface area contributed by atoms with Crippen molar-refractivity contribution in [3.63, 3.8) is 0 Å². The molecule has 1 amide bonds. The zero-order valence-electron chi connectivity index (χ0n) is 12.8. The van der Waals surface area contributed by atoms with Gasteiger partial charge >= 0.3 is 0 Å². The zero-order chi connectivity index (χ0) is 15.4. The van der Waals surface area contributed by atoms with Gasteiger partial charge in [-0.3, -0.25) is 4.79 Å². The average molecular weight is 308 g/mol. The number of hydrogen-bond acceptors (Lipinski definition) is 2. The number of hydrogen-bond donors (Lipinski definition) is 1. The van der Waals surface area contributed by atoms with Gasteiger partial charge in [0.05, 0.1) is 5.52 Å². The van der Waals surface area contributed by atoms with Crippen LogP contribution < -0.4 is 5.32 Å². The van der Waals surface area contributed by atoms with Gasteiger partial charge in [-0.25, -0.2) is 0 Å². The maximum Gasteiger partial charge on any atom is 0.241 e. The highest BCUT2D eigenvalue weighted by atomic mass is 35.5. The van der Waals surface area contributed by atoms with Gasteiger partial charge in [-0.2, -0.15) is 0 Å². The van der Waals surface area contributed by atoms with Crippen molar-refractivity contribution in [2.45, 2.75) is 26.4 Å². The van der Waals surface area contributed by atoms with Crippen molar-refractivity contribution in [2.24, 2.45) is 0 Å². The maximum absolute atomic E-state index is 12.0. The molecule has 1 N–H and O–H groups in total. The third kappa shape index (κ3) is 3.77. The molecule has 0 spiro atoms. The SMILES string of the molecule is CCCNCc1cn(CC(=O)N(C)C)c2cc(Cl)ccc12. The molecule has 0 unspecified atom stereocenters. The van der Waals surface area contributed by atoms with Gasteiger partial charge in [0.2, 0.25) is 5.91 Å². The van der Waals surface area contributed by atoms with Gasteiger partial charge in [-0.05, 0) is 30.7 Å². The summed E-state index contributed by atoms with van der Waals surface area (Å²) in [6.45, 7) is 4.26. The number of benzene rings is 1. The van der Waals surface area contributed by atoms with E-state index in [0.717, 1.165) is 30.4 Å². The number of fused-ring (bicyclic) bond motifs is 1. The highest BCUT2D eigenvalue weighted by molar-refractivity contribution is 6.31. The normalized spacial score (nSPS) is 11.0. The van der Waals surface area contributed by atoms with Crippen molar-refractivity contribution in [1.82, 2.24) is 14.8 Å². The number of rotatable bonds is 6. The van der Waals surface area contributed by atoms with Crippen molar-refractivity contribution >= 4 is 28.4 Å². The predicted octanol–water partition coefficient (Wildman–Crippen LogP) is 2.88. The molecule has 1 aromatic carbocycles. The fraction of sp³-hybridized carbons (Fsp3) is 0.438. The van der Waals surface area contributed by atoms with Crippen LogP contribution in [-0.4, -0.2) is 36.0 Å². The Labute approximate surface area is 130 Å². The molecule has 2 aromatic rings. The molecule has 0 saturated carbocycles. The van der Waals surface area contributed by atoms with Crippen LogP contribution in [-0.2, 0) is 17.9 Å². The van der Waals surface area contributed by atoms with Crippen LogP contribution in [0.4, 0.5) is 0 Å². The minimum atomic E-state index is 0.0694. The first-order valence-corrected chi connectivity index (χ1v) is 7.59. The van der Waals surface area contributed by atoms with Gasteiger partial charge in [0.25, 0.3) is 0 Å². The fourth-order valence-corrected chi connectivity index (χ4v) is 2.47. The van der Waals surface area contributed by atoms with Gasteiger partial charge in [0.15, 0.2) is 0 Å². The second kappa shape index (κ2) is 6.96. The van der Waals surface area contributed by atoms with E-state index >= 15 is 0 Å². The number of amides is 1. The molecule has 114 valence electrons. The van der Waals surface area contributed by atoms with Crippen LogP contribution in [0, 0.1) is 0 Å². The van der Waals surface area contributed by atoms with Gasteiger partial charge in [0.1, 0.15) is 6.54 Å². The first-order valence-electron chi connectivity index (χ1n) is 7.21. The van der Waals surface area contributed by atoms with E-state index in [1.54, 1.807) is 19.0 Å². The van der Waals surface area contributed by atoms with Crippen LogP contribution in [0.5, 0.6) is 0 Å². The molecule has 4 nitrogen and oxygen atoms in total. The minimum Gasteiger partial charge on any atom is -0.347 e. The van der Waals surface area contributed by atoms with Crippen LogP contribution >= 0.6 is 11.6 Å². The molecule has 0 aliphatic rings. The second-order valence-electron chi connectivity index (χ2n) is 5.41. The van der Waals surface area contributed by atoms with E-state index in [2.05, 4.69) is 12.2 Å². The molecule has 5 heteroatoms. The summed E-state index contributed by atoms with van der Waals surface area (Å²) >= 11 is 6.10. The Kier molecular flexibility index (Phi) is 5.26. The number of halogens is 1. The Morgan fingerprint density at radius 3 is 2.81 bits per heavy atom. The maximum atomic E-state index is 12.0. The third-order valence-corrected chi connectivity index (χ3v) is 3.71. The molecule has 1 heterocycles. The smallest absolute Gasteiger partial charge is 0.241 e. The highest BCUT2D eigenvalue weighted by Crippen LogP contribution is 2.25. The van der Waals surface area contributed by atoms with Crippen molar-refractivity contribution in [3.05, 3.63) is 35.0 Å². The number of likely N-dealkylation sites (N-methyl/N-ethyl adjacent to an activating group) is 1. The molecule has 0 radical (unpaired) electrons. The summed E-state index contributed by atoms with van der Waals surface area (Å²) in [7, 11) is 3.54. The standard InChI is InChI=1S/C16H22ClN3O/c1-4-7-18-9-12-10-20(11-16(21)19(2)3)15-8-13(17)5-6-14(12)15/h5-6,8,10,18H,4,7,9,11H2,1-3H3. The quantitative estimate of drug-likeness (QED) is 0.833. The van der Waals surface area contributed by atoms with E-state index in [-0.39, 0.29) is 5.91 Å². The summed E-state index contributed by atoms with van der Waals surface area (Å²) in [5.74, 6) is 0.0694. The molecule has 21 heavy (non-hydrogen) atoms. The molecule has 0 atom stereocenters. The summed E-state index contributed by atoms with van der Waals surface area (Å²) in [6.07, 6.45) is 3.15. The molecular weight excluding hydrogens is 286 g/mol. The first kappa shape index (κ1) is 15.9. The summed E-state index contributed by atoms with van der Waals surface area (Å²) in [4.78, 5) is 13.6. The summed E-state index contributed by atoms with van der Waals surface area (Å²) in [6, 6.07) is 5.84. The summed E-state index contributed by atoms with van der Waals surface area (Å²) in [5.41, 5.74) is 2.20. The molecule has 0 saturated heterocycles.